The minimum Gasteiger partial charge on any atom is -0.466 e. The maximum atomic E-state index is 12.3. The largest absolute Gasteiger partial charge is 0.466 e. The molecule has 166 valence electrons. The highest BCUT2D eigenvalue weighted by molar-refractivity contribution is 5.81. The Balaban J connectivity index is 1.74. The predicted molar refractivity (Wildman–Crippen MR) is 118 cm³/mol. The second kappa shape index (κ2) is 11.9. The van der Waals surface area contributed by atoms with Crippen LogP contribution in [-0.4, -0.2) is 80.8 Å². The van der Waals surface area contributed by atoms with E-state index in [-0.39, 0.29) is 17.9 Å². The molecule has 0 radical (unpaired) electrons. The molecule has 30 heavy (non-hydrogen) atoms. The number of carbonyl (C=O) groups is 1. The van der Waals surface area contributed by atoms with Crippen molar-refractivity contribution >= 4 is 11.9 Å². The van der Waals surface area contributed by atoms with Gasteiger partial charge in [-0.15, -0.1) is 0 Å². The standard InChI is InChI=1S/C23H36N4O3/c1-3-24-23(27-12-8-11-20(18-27)22(28)30-4-2)25-17-21(19-9-6-5-7-10-19)26-13-15-29-16-14-26/h5-7,9-10,20-21H,3-4,8,11-18H2,1-2H3,(H,24,25)/t20-,21?/m1/s1. The summed E-state index contributed by atoms with van der Waals surface area (Å²) in [6.45, 7) is 10.8. The number of nitrogens with one attached hydrogen (secondary N) is 1. The topological polar surface area (TPSA) is 66.4 Å². The maximum Gasteiger partial charge on any atom is 0.310 e. The van der Waals surface area contributed by atoms with E-state index in [2.05, 4.69) is 52.4 Å². The van der Waals surface area contributed by atoms with Gasteiger partial charge in [-0.3, -0.25) is 14.7 Å². The number of carbonyl (C=O) groups excluding carboxylic acids is 1. The summed E-state index contributed by atoms with van der Waals surface area (Å²) >= 11 is 0. The summed E-state index contributed by atoms with van der Waals surface area (Å²) in [5.74, 6) is 0.723. The van der Waals surface area contributed by atoms with Crippen LogP contribution in [0.1, 0.15) is 38.3 Å². The highest BCUT2D eigenvalue weighted by atomic mass is 16.5. The minimum absolute atomic E-state index is 0.0771. The van der Waals surface area contributed by atoms with Crippen molar-refractivity contribution in [3.63, 3.8) is 0 Å². The first-order chi connectivity index (χ1) is 14.7. The van der Waals surface area contributed by atoms with Gasteiger partial charge in [0.05, 0.1) is 38.3 Å². The fourth-order valence-electron chi connectivity index (χ4n) is 4.22. The number of likely N-dealkylation sites (tertiary alicyclic amines) is 1. The van der Waals surface area contributed by atoms with Gasteiger partial charge in [0.2, 0.25) is 0 Å². The molecular weight excluding hydrogens is 380 g/mol. The third-order valence-corrected chi connectivity index (χ3v) is 5.76. The summed E-state index contributed by atoms with van der Waals surface area (Å²) in [6, 6.07) is 10.8. The molecule has 7 nitrogen and oxygen atoms in total. The lowest BCUT2D eigenvalue weighted by molar-refractivity contribution is -0.149. The van der Waals surface area contributed by atoms with Crippen molar-refractivity contribution in [3.8, 4) is 0 Å². The SMILES string of the molecule is CCNC(=NCC(c1ccccc1)N1CCOCC1)N1CCC[C@@H](C(=O)OCC)C1. The normalized spacial score (nSPS) is 21.9. The number of ether oxygens (including phenoxy) is 2. The Morgan fingerprint density at radius 1 is 1.23 bits per heavy atom. The molecule has 1 aromatic rings. The molecule has 0 amide bonds. The zero-order valence-electron chi connectivity index (χ0n) is 18.4. The molecule has 3 rings (SSSR count). The third kappa shape index (κ3) is 6.19. The van der Waals surface area contributed by atoms with Crippen LogP contribution < -0.4 is 5.32 Å². The molecule has 2 aliphatic rings. The van der Waals surface area contributed by atoms with E-state index in [0.29, 0.717) is 19.7 Å². The molecular formula is C23H36N4O3. The zero-order valence-corrected chi connectivity index (χ0v) is 18.4. The van der Waals surface area contributed by atoms with E-state index in [1.54, 1.807) is 0 Å². The van der Waals surface area contributed by atoms with E-state index in [1.807, 2.05) is 6.92 Å². The molecule has 1 unspecified atom stereocenters. The summed E-state index contributed by atoms with van der Waals surface area (Å²) in [5, 5.41) is 3.43. The van der Waals surface area contributed by atoms with Gasteiger partial charge in [0.15, 0.2) is 5.96 Å². The summed E-state index contributed by atoms with van der Waals surface area (Å²) in [6.07, 6.45) is 1.86. The molecule has 2 fully saturated rings. The van der Waals surface area contributed by atoms with Gasteiger partial charge in [0, 0.05) is 32.7 Å². The number of guanidine groups is 1. The van der Waals surface area contributed by atoms with Crippen LogP contribution in [0.25, 0.3) is 0 Å². The Bertz CT molecular complexity index is 676. The first kappa shape index (κ1) is 22.6. The summed E-state index contributed by atoms with van der Waals surface area (Å²) in [7, 11) is 0. The van der Waals surface area contributed by atoms with E-state index in [1.165, 1.54) is 5.56 Å². The number of benzene rings is 1. The van der Waals surface area contributed by atoms with Crippen molar-refractivity contribution in [1.29, 1.82) is 0 Å². The van der Waals surface area contributed by atoms with Gasteiger partial charge in [-0.25, -0.2) is 0 Å². The number of nitrogens with zero attached hydrogens (tertiary/aromatic N) is 3. The second-order valence-electron chi connectivity index (χ2n) is 7.81. The molecule has 2 atom stereocenters. The zero-order chi connectivity index (χ0) is 21.2. The molecule has 0 bridgehead atoms. The van der Waals surface area contributed by atoms with Crippen molar-refractivity contribution in [2.45, 2.75) is 32.7 Å². The Hall–Kier alpha value is -2.12. The van der Waals surface area contributed by atoms with E-state index in [9.17, 15) is 4.79 Å². The first-order valence-electron chi connectivity index (χ1n) is 11.3. The number of aliphatic imine (C=N–C) groups is 1. The lowest BCUT2D eigenvalue weighted by atomic mass is 9.98. The fourth-order valence-corrected chi connectivity index (χ4v) is 4.22. The Kier molecular flexibility index (Phi) is 8.96. The number of morpholine rings is 1. The molecule has 0 aromatic heterocycles. The van der Waals surface area contributed by atoms with E-state index in [0.717, 1.165) is 58.2 Å². The molecule has 1 N–H and O–H groups in total. The van der Waals surface area contributed by atoms with Gasteiger partial charge in [-0.2, -0.15) is 0 Å². The Morgan fingerprint density at radius 2 is 2.00 bits per heavy atom. The van der Waals surface area contributed by atoms with Crippen LogP contribution in [0.5, 0.6) is 0 Å². The average Bonchev–Trinajstić information content (AvgIpc) is 2.80. The minimum atomic E-state index is -0.0893. The van der Waals surface area contributed by atoms with Crippen LogP contribution in [0.3, 0.4) is 0 Å². The van der Waals surface area contributed by atoms with E-state index >= 15 is 0 Å². The van der Waals surface area contributed by atoms with Crippen molar-refractivity contribution in [3.05, 3.63) is 35.9 Å². The van der Waals surface area contributed by atoms with Crippen LogP contribution in [-0.2, 0) is 14.3 Å². The van der Waals surface area contributed by atoms with Gasteiger partial charge in [-0.1, -0.05) is 30.3 Å². The van der Waals surface area contributed by atoms with Crippen molar-refractivity contribution in [2.24, 2.45) is 10.9 Å². The quantitative estimate of drug-likeness (QED) is 0.418. The number of piperidine rings is 1. The van der Waals surface area contributed by atoms with Gasteiger partial charge in [0.25, 0.3) is 0 Å². The van der Waals surface area contributed by atoms with Crippen molar-refractivity contribution < 1.29 is 14.3 Å². The number of esters is 1. The van der Waals surface area contributed by atoms with Gasteiger partial charge < -0.3 is 19.7 Å². The number of hydrogen-bond acceptors (Lipinski definition) is 5. The van der Waals surface area contributed by atoms with E-state index < -0.39 is 0 Å². The predicted octanol–water partition coefficient (Wildman–Crippen LogP) is 2.30. The lowest BCUT2D eigenvalue weighted by Gasteiger charge is -2.36. The highest BCUT2D eigenvalue weighted by Crippen LogP contribution is 2.23. The molecule has 0 spiro atoms. The van der Waals surface area contributed by atoms with Crippen molar-refractivity contribution in [1.82, 2.24) is 15.1 Å². The first-order valence-corrected chi connectivity index (χ1v) is 11.3. The molecule has 0 aliphatic carbocycles. The number of rotatable bonds is 7. The van der Waals surface area contributed by atoms with Gasteiger partial charge >= 0.3 is 5.97 Å². The van der Waals surface area contributed by atoms with Crippen LogP contribution >= 0.6 is 0 Å². The highest BCUT2D eigenvalue weighted by Gasteiger charge is 2.29. The average molecular weight is 417 g/mol. The monoisotopic (exact) mass is 416 g/mol. The maximum absolute atomic E-state index is 12.3. The summed E-state index contributed by atoms with van der Waals surface area (Å²) in [5.41, 5.74) is 1.28. The van der Waals surface area contributed by atoms with Gasteiger partial charge in [0.1, 0.15) is 0 Å². The van der Waals surface area contributed by atoms with E-state index in [4.69, 9.17) is 14.5 Å². The van der Waals surface area contributed by atoms with Gasteiger partial charge in [-0.05, 0) is 32.3 Å². The molecule has 2 heterocycles. The molecule has 2 aliphatic heterocycles. The van der Waals surface area contributed by atoms with Crippen LogP contribution in [0.4, 0.5) is 0 Å². The molecule has 1 aromatic carbocycles. The lowest BCUT2D eigenvalue weighted by Crippen LogP contribution is -2.48. The third-order valence-electron chi connectivity index (χ3n) is 5.76. The number of hydrogen-bond donors (Lipinski definition) is 1. The molecule has 2 saturated heterocycles. The molecule has 7 heteroatoms. The van der Waals surface area contributed by atoms with Crippen LogP contribution in [0, 0.1) is 5.92 Å². The fraction of sp³-hybridized carbons (Fsp3) is 0.652. The Morgan fingerprint density at radius 3 is 2.70 bits per heavy atom. The van der Waals surface area contributed by atoms with Crippen LogP contribution in [0.15, 0.2) is 35.3 Å². The van der Waals surface area contributed by atoms with Crippen molar-refractivity contribution in [2.75, 3.05) is 59.1 Å². The smallest absolute Gasteiger partial charge is 0.310 e. The summed E-state index contributed by atoms with van der Waals surface area (Å²) < 4.78 is 10.8. The second-order valence-corrected chi connectivity index (χ2v) is 7.81. The van der Waals surface area contributed by atoms with Crippen LogP contribution in [0.2, 0.25) is 0 Å². The molecule has 0 saturated carbocycles. The summed E-state index contributed by atoms with van der Waals surface area (Å²) in [4.78, 5) is 22.0. The Labute approximate surface area is 180 Å².